The first-order valence-electron chi connectivity index (χ1n) is 11.8. The van der Waals surface area contributed by atoms with Gasteiger partial charge in [0.2, 0.25) is 21.8 Å². The molecule has 1 saturated carbocycles. The lowest BCUT2D eigenvalue weighted by Crippen LogP contribution is -2.52. The topological polar surface area (TPSA) is 86.8 Å². The third-order valence-corrected chi connectivity index (χ3v) is 8.94. The number of nitrogens with one attached hydrogen (secondary N) is 1. The van der Waals surface area contributed by atoms with E-state index in [1.165, 1.54) is 23.1 Å². The van der Waals surface area contributed by atoms with E-state index in [9.17, 15) is 18.0 Å². The maximum atomic E-state index is 13.6. The van der Waals surface area contributed by atoms with Crippen molar-refractivity contribution in [1.82, 2.24) is 10.2 Å². The molecule has 1 unspecified atom stereocenters. The Labute approximate surface area is 238 Å². The van der Waals surface area contributed by atoms with Gasteiger partial charge in [-0.15, -0.1) is 0 Å². The summed E-state index contributed by atoms with van der Waals surface area (Å²) in [4.78, 5) is 28.2. The molecule has 202 valence electrons. The Morgan fingerprint density at radius 3 is 2.11 bits per heavy atom. The van der Waals surface area contributed by atoms with Gasteiger partial charge in [-0.05, 0) is 55.7 Å². The zero-order chi connectivity index (χ0) is 27.3. The molecule has 0 bridgehead atoms. The summed E-state index contributed by atoms with van der Waals surface area (Å²) in [5.41, 5.74) is 0.819. The highest BCUT2D eigenvalue weighted by Gasteiger charge is 2.31. The Bertz CT molecular complexity index is 1250. The van der Waals surface area contributed by atoms with Gasteiger partial charge in [0.15, 0.2) is 0 Å². The fourth-order valence-corrected chi connectivity index (χ4v) is 5.69. The van der Waals surface area contributed by atoms with E-state index in [0.29, 0.717) is 15.6 Å². The summed E-state index contributed by atoms with van der Waals surface area (Å²) < 4.78 is 26.3. The second-order valence-corrected chi connectivity index (χ2v) is 12.7. The maximum Gasteiger partial charge on any atom is 0.244 e. The first-order chi connectivity index (χ1) is 17.4. The van der Waals surface area contributed by atoms with Gasteiger partial charge < -0.3 is 10.2 Å². The van der Waals surface area contributed by atoms with E-state index in [1.807, 2.05) is 0 Å². The summed E-state index contributed by atoms with van der Waals surface area (Å²) in [5, 5.41) is 4.10. The number of amides is 2. The van der Waals surface area contributed by atoms with Crippen LogP contribution < -0.4 is 9.62 Å². The number of anilines is 1. The predicted molar refractivity (Wildman–Crippen MR) is 150 cm³/mol. The average molecular weight is 609 g/mol. The Kier molecular flexibility index (Phi) is 10.4. The van der Waals surface area contributed by atoms with Crippen LogP contribution >= 0.6 is 46.4 Å². The quantitative estimate of drug-likeness (QED) is 0.382. The van der Waals surface area contributed by atoms with E-state index in [-0.39, 0.29) is 34.2 Å². The van der Waals surface area contributed by atoms with Crippen LogP contribution in [0.1, 0.15) is 44.6 Å². The normalized spacial score (nSPS) is 15.2. The molecule has 0 aliphatic heterocycles. The highest BCUT2D eigenvalue weighted by molar-refractivity contribution is 7.92. The number of carbonyl (C=O) groups is 2. The molecule has 12 heteroatoms. The molecular formula is C25H29Cl4N3O4S. The van der Waals surface area contributed by atoms with Crippen LogP contribution in [0.2, 0.25) is 20.1 Å². The molecule has 1 aliphatic carbocycles. The minimum absolute atomic E-state index is 0.0218. The van der Waals surface area contributed by atoms with Gasteiger partial charge in [0.25, 0.3) is 0 Å². The molecule has 2 aromatic carbocycles. The summed E-state index contributed by atoms with van der Waals surface area (Å²) in [6.07, 6.45) is 5.98. The first kappa shape index (κ1) is 29.8. The van der Waals surface area contributed by atoms with Crippen molar-refractivity contribution in [3.8, 4) is 0 Å². The van der Waals surface area contributed by atoms with Crippen molar-refractivity contribution >= 4 is 73.9 Å². The van der Waals surface area contributed by atoms with Crippen LogP contribution in [-0.2, 0) is 26.2 Å². The van der Waals surface area contributed by atoms with Crippen LogP contribution in [0.15, 0.2) is 36.4 Å². The molecule has 0 radical (unpaired) electrons. The molecule has 1 aliphatic rings. The molecule has 7 nitrogen and oxygen atoms in total. The zero-order valence-corrected chi connectivity index (χ0v) is 24.4. The molecule has 37 heavy (non-hydrogen) atoms. The average Bonchev–Trinajstić information content (AvgIpc) is 2.84. The van der Waals surface area contributed by atoms with Gasteiger partial charge in [-0.25, -0.2) is 8.42 Å². The van der Waals surface area contributed by atoms with Crippen LogP contribution in [0.25, 0.3) is 0 Å². The standard InChI is InChI=1S/C25H29Cl4N3O4S/c1-16(25(34)30-18-6-4-3-5-7-18)31(14-17-8-10-20(26)22(28)12-17)24(33)15-32(37(2,35)36)19-9-11-21(27)23(29)13-19/h8-13,16,18H,3-7,14-15H2,1-2H3,(H,30,34). The van der Waals surface area contributed by atoms with Crippen LogP contribution in [0.4, 0.5) is 5.69 Å². The Balaban J connectivity index is 1.90. The number of carbonyl (C=O) groups excluding carboxylic acids is 2. The number of benzene rings is 2. The molecule has 1 N–H and O–H groups in total. The number of halogens is 4. The smallest absolute Gasteiger partial charge is 0.244 e. The van der Waals surface area contributed by atoms with Crippen molar-refractivity contribution in [1.29, 1.82) is 0 Å². The predicted octanol–water partition coefficient (Wildman–Crippen LogP) is 5.93. The number of rotatable bonds is 9. The fourth-order valence-electron chi connectivity index (χ4n) is 4.24. The largest absolute Gasteiger partial charge is 0.352 e. The van der Waals surface area contributed by atoms with Gasteiger partial charge in [-0.3, -0.25) is 13.9 Å². The van der Waals surface area contributed by atoms with E-state index in [0.717, 1.165) is 42.7 Å². The molecule has 0 spiro atoms. The highest BCUT2D eigenvalue weighted by atomic mass is 35.5. The van der Waals surface area contributed by atoms with Crippen molar-refractivity contribution in [3.05, 3.63) is 62.1 Å². The van der Waals surface area contributed by atoms with Crippen molar-refractivity contribution < 1.29 is 18.0 Å². The second-order valence-electron chi connectivity index (χ2n) is 9.16. The lowest BCUT2D eigenvalue weighted by Gasteiger charge is -2.33. The van der Waals surface area contributed by atoms with Crippen molar-refractivity contribution in [2.75, 3.05) is 17.1 Å². The summed E-state index contributed by atoms with van der Waals surface area (Å²) in [7, 11) is -3.88. The SMILES string of the molecule is CC(C(=O)NC1CCCCC1)N(Cc1ccc(Cl)c(Cl)c1)C(=O)CN(c1ccc(Cl)c(Cl)c1)S(C)(=O)=O. The molecule has 2 amide bonds. The van der Waals surface area contributed by atoms with Crippen LogP contribution in [0.5, 0.6) is 0 Å². The monoisotopic (exact) mass is 607 g/mol. The van der Waals surface area contributed by atoms with Gasteiger partial charge in [0.05, 0.1) is 32.0 Å². The lowest BCUT2D eigenvalue weighted by atomic mass is 9.95. The summed E-state index contributed by atoms with van der Waals surface area (Å²) in [5.74, 6) is -0.880. The molecule has 1 atom stereocenters. The summed E-state index contributed by atoms with van der Waals surface area (Å²) in [6, 6.07) is 8.39. The van der Waals surface area contributed by atoms with Crippen molar-refractivity contribution in [2.45, 2.75) is 57.7 Å². The molecular weight excluding hydrogens is 580 g/mol. The number of nitrogens with zero attached hydrogens (tertiary/aromatic N) is 2. The number of sulfonamides is 1. The molecule has 0 heterocycles. The first-order valence-corrected chi connectivity index (χ1v) is 15.2. The van der Waals surface area contributed by atoms with Crippen molar-refractivity contribution in [3.63, 3.8) is 0 Å². The van der Waals surface area contributed by atoms with Crippen LogP contribution in [0, 0.1) is 0 Å². The molecule has 0 saturated heterocycles. The third-order valence-electron chi connectivity index (χ3n) is 6.33. The van der Waals surface area contributed by atoms with E-state index >= 15 is 0 Å². The Morgan fingerprint density at radius 1 is 0.946 bits per heavy atom. The van der Waals surface area contributed by atoms with E-state index in [4.69, 9.17) is 46.4 Å². The molecule has 0 aromatic heterocycles. The summed E-state index contributed by atoms with van der Waals surface area (Å²) >= 11 is 24.3. The minimum Gasteiger partial charge on any atom is -0.352 e. The Morgan fingerprint density at radius 2 is 1.54 bits per heavy atom. The molecule has 2 aromatic rings. The molecule has 1 fully saturated rings. The summed E-state index contributed by atoms with van der Waals surface area (Å²) in [6.45, 7) is 1.10. The van der Waals surface area contributed by atoms with Gasteiger partial charge >= 0.3 is 0 Å². The third kappa shape index (κ3) is 8.14. The number of hydrogen-bond donors (Lipinski definition) is 1. The minimum atomic E-state index is -3.88. The zero-order valence-electron chi connectivity index (χ0n) is 20.5. The van der Waals surface area contributed by atoms with E-state index in [2.05, 4.69) is 5.32 Å². The Hall–Kier alpha value is -1.71. The number of hydrogen-bond acceptors (Lipinski definition) is 4. The maximum absolute atomic E-state index is 13.6. The van der Waals surface area contributed by atoms with E-state index < -0.39 is 28.5 Å². The van der Waals surface area contributed by atoms with Crippen molar-refractivity contribution in [2.24, 2.45) is 0 Å². The fraction of sp³-hybridized carbons (Fsp3) is 0.440. The van der Waals surface area contributed by atoms with Gasteiger partial charge in [0.1, 0.15) is 12.6 Å². The van der Waals surface area contributed by atoms with Crippen LogP contribution in [0.3, 0.4) is 0 Å². The highest BCUT2D eigenvalue weighted by Crippen LogP contribution is 2.29. The van der Waals surface area contributed by atoms with Gasteiger partial charge in [0, 0.05) is 12.6 Å². The second kappa shape index (κ2) is 12.9. The van der Waals surface area contributed by atoms with Gasteiger partial charge in [-0.1, -0.05) is 71.7 Å². The van der Waals surface area contributed by atoms with Crippen LogP contribution in [-0.4, -0.2) is 50.0 Å². The molecule has 3 rings (SSSR count). The lowest BCUT2D eigenvalue weighted by molar-refractivity contribution is -0.139. The van der Waals surface area contributed by atoms with E-state index in [1.54, 1.807) is 25.1 Å². The van der Waals surface area contributed by atoms with Gasteiger partial charge in [-0.2, -0.15) is 0 Å².